The van der Waals surface area contributed by atoms with Crippen molar-refractivity contribution in [1.82, 2.24) is 0 Å². The standard InChI is InChI=1S/5C2H5NO2.Al.Pb/c5*3-1-2(4)5;;/h5*1,3H2,(H,4,5);;/q;;;;;+3;+2/p-5. The van der Waals surface area contributed by atoms with Gasteiger partial charge in [0, 0.05) is 0 Å². The molecule has 0 heterocycles. The topological polar surface area (TPSA) is 262 Å². The number of carbonyl (C=O) groups is 5. The van der Waals surface area contributed by atoms with Crippen molar-refractivity contribution in [3.8, 4) is 0 Å². The first kappa shape index (κ1) is 27.8. The second-order valence-corrected chi connectivity index (χ2v) is 7.33. The maximum absolute atomic E-state index is 10.8. The quantitative estimate of drug-likeness (QED) is 0.145. The fraction of sp³-hybridized carbons (Fsp3) is 0.500. The zero-order valence-corrected chi connectivity index (χ0v) is 19.1. The molecule has 0 aromatic carbocycles. The van der Waals surface area contributed by atoms with Crippen molar-refractivity contribution in [2.45, 2.75) is 0 Å². The maximum atomic E-state index is 10.8. The molecule has 0 atom stereocenters. The first-order chi connectivity index (χ1) is 12.7. The Balaban J connectivity index is 0. The molecule has 0 saturated carbocycles. The number of hydrogen-bond acceptors (Lipinski definition) is 15. The van der Waals surface area contributed by atoms with Crippen LogP contribution in [0.15, 0.2) is 0 Å². The summed E-state index contributed by atoms with van der Waals surface area (Å²) in [7, 11) is 0. The number of carbonyl (C=O) groups excluding carboxylic acids is 5. The van der Waals surface area contributed by atoms with Crippen LogP contribution in [0.1, 0.15) is 0 Å². The van der Waals surface area contributed by atoms with E-state index in [1.54, 1.807) is 0 Å². The number of nitrogens with two attached hydrogens (primary N) is 5. The van der Waals surface area contributed by atoms with Crippen molar-refractivity contribution < 1.29 is 40.7 Å². The SMILES string of the molecule is NCC(=O)[O][Al]([O]C(=O)CN)[O]C(=O)CN.NCC(=O)[O][Pb][O]C(=O)CN. The van der Waals surface area contributed by atoms with E-state index >= 15 is 0 Å². The van der Waals surface area contributed by atoms with Gasteiger partial charge in [-0.15, -0.1) is 0 Å². The van der Waals surface area contributed by atoms with Crippen LogP contribution >= 0.6 is 0 Å². The van der Waals surface area contributed by atoms with E-state index in [4.69, 9.17) is 28.7 Å². The van der Waals surface area contributed by atoms with Gasteiger partial charge >= 0.3 is 91.7 Å². The molecule has 0 fully saturated rings. The van der Waals surface area contributed by atoms with Crippen LogP contribution in [0.3, 0.4) is 0 Å². The molecular weight excluding hydrogens is 584 g/mol. The minimum atomic E-state index is -3.25. The zero-order valence-electron chi connectivity index (χ0n) is 14.1. The van der Waals surface area contributed by atoms with Gasteiger partial charge in [0.05, 0.1) is 19.6 Å². The van der Waals surface area contributed by atoms with Gasteiger partial charge in [-0.25, -0.2) is 0 Å². The van der Waals surface area contributed by atoms with Crippen LogP contribution in [0, 0.1) is 0 Å². The predicted octanol–water partition coefficient (Wildman–Crippen LogP) is -6.00. The van der Waals surface area contributed by atoms with Crippen molar-refractivity contribution in [2.75, 3.05) is 32.7 Å². The Morgan fingerprint density at radius 1 is 0.556 bits per heavy atom. The summed E-state index contributed by atoms with van der Waals surface area (Å²) in [4.78, 5) is 53.1. The molecule has 15 nitrogen and oxygen atoms in total. The third-order valence-electron chi connectivity index (χ3n) is 1.83. The second kappa shape index (κ2) is 18.0. The fourth-order valence-corrected chi connectivity index (χ4v) is 3.35. The van der Waals surface area contributed by atoms with Crippen LogP contribution in [-0.4, -0.2) is 103 Å². The van der Waals surface area contributed by atoms with Crippen molar-refractivity contribution in [3.05, 3.63) is 0 Å². The summed E-state index contributed by atoms with van der Waals surface area (Å²) in [6, 6.07) is 0. The van der Waals surface area contributed by atoms with Crippen LogP contribution in [0.5, 0.6) is 0 Å². The Hall–Kier alpha value is -1.40. The van der Waals surface area contributed by atoms with Gasteiger partial charge in [0.1, 0.15) is 0 Å². The third kappa shape index (κ3) is 17.8. The van der Waals surface area contributed by atoms with Crippen molar-refractivity contribution in [1.29, 1.82) is 0 Å². The number of rotatable bonds is 10. The number of hydrogen-bond donors (Lipinski definition) is 5. The van der Waals surface area contributed by atoms with Crippen LogP contribution in [0.25, 0.3) is 0 Å². The van der Waals surface area contributed by atoms with E-state index in [9.17, 15) is 24.0 Å². The molecule has 17 heteroatoms. The molecule has 0 saturated heterocycles. The molecule has 0 spiro atoms. The molecule has 0 aromatic heterocycles. The molecule has 0 bridgehead atoms. The van der Waals surface area contributed by atoms with E-state index < -0.39 is 89.8 Å². The van der Waals surface area contributed by atoms with E-state index in [1.165, 1.54) is 0 Å². The van der Waals surface area contributed by atoms with Gasteiger partial charge in [-0.05, 0) is 0 Å². The molecule has 0 aliphatic heterocycles. The summed E-state index contributed by atoms with van der Waals surface area (Å²) < 4.78 is 22.6. The zero-order chi connectivity index (χ0) is 21.2. The summed E-state index contributed by atoms with van der Waals surface area (Å²) in [5, 5.41) is 0. The Bertz CT molecular complexity index is 452. The summed E-state index contributed by atoms with van der Waals surface area (Å²) >= 11 is -5.27. The van der Waals surface area contributed by atoms with E-state index in [0.29, 0.717) is 0 Å². The molecule has 0 unspecified atom stereocenters. The molecular formula is C10H20AlN5O10Pb. The van der Waals surface area contributed by atoms with Gasteiger partial charge in [0.25, 0.3) is 17.9 Å². The first-order valence-electron chi connectivity index (χ1n) is 6.97. The van der Waals surface area contributed by atoms with Crippen molar-refractivity contribution in [2.24, 2.45) is 28.7 Å². The summed E-state index contributed by atoms with van der Waals surface area (Å²) in [5.41, 5.74) is 24.7. The predicted molar refractivity (Wildman–Crippen MR) is 87.2 cm³/mol. The molecule has 0 amide bonds. The summed E-state index contributed by atoms with van der Waals surface area (Å²) in [6.45, 7) is -1.65. The van der Waals surface area contributed by atoms with Crippen LogP contribution in [-0.2, 0) is 40.7 Å². The molecule has 27 heavy (non-hydrogen) atoms. The summed E-state index contributed by atoms with van der Waals surface area (Å²) in [6.07, 6.45) is 0. The third-order valence-corrected chi connectivity index (χ3v) is 5.61. The van der Waals surface area contributed by atoms with Crippen molar-refractivity contribution >= 4 is 70.1 Å². The average Bonchev–Trinajstić information content (AvgIpc) is 2.67. The molecule has 10 N–H and O–H groups in total. The molecule has 0 aromatic rings. The Morgan fingerprint density at radius 3 is 1.04 bits per heavy atom. The summed E-state index contributed by atoms with van der Waals surface area (Å²) in [5.74, 6) is -3.65. The van der Waals surface area contributed by atoms with Crippen LogP contribution in [0.4, 0.5) is 0 Å². The van der Waals surface area contributed by atoms with Crippen LogP contribution < -0.4 is 28.7 Å². The normalized spacial score (nSPS) is 9.07. The van der Waals surface area contributed by atoms with Gasteiger partial charge < -0.3 is 28.6 Å². The first-order valence-corrected chi connectivity index (χ1v) is 11.6. The van der Waals surface area contributed by atoms with E-state index in [2.05, 4.69) is 16.7 Å². The molecule has 0 rings (SSSR count). The van der Waals surface area contributed by atoms with Gasteiger partial charge in [-0.3, -0.25) is 14.4 Å². The van der Waals surface area contributed by atoms with E-state index in [0.717, 1.165) is 0 Å². The monoisotopic (exact) mass is 605 g/mol. The minimum absolute atomic E-state index is 0.187. The van der Waals surface area contributed by atoms with E-state index in [1.807, 2.05) is 0 Å². The van der Waals surface area contributed by atoms with Gasteiger partial charge in [-0.1, -0.05) is 0 Å². The Kier molecular flexibility index (Phi) is 18.5. The van der Waals surface area contributed by atoms with Gasteiger partial charge in [0.2, 0.25) is 0 Å². The van der Waals surface area contributed by atoms with Crippen LogP contribution in [0.2, 0.25) is 0 Å². The Labute approximate surface area is 172 Å². The fourth-order valence-electron chi connectivity index (χ4n) is 0.736. The average molecular weight is 604 g/mol. The molecule has 0 aliphatic rings. The van der Waals surface area contributed by atoms with Crippen molar-refractivity contribution in [3.63, 3.8) is 0 Å². The van der Waals surface area contributed by atoms with Gasteiger partial charge in [0.15, 0.2) is 0 Å². The van der Waals surface area contributed by atoms with Gasteiger partial charge in [-0.2, -0.15) is 0 Å². The van der Waals surface area contributed by atoms with E-state index in [-0.39, 0.29) is 13.1 Å². The molecule has 152 valence electrons. The second-order valence-electron chi connectivity index (χ2n) is 3.81. The Morgan fingerprint density at radius 2 is 0.815 bits per heavy atom. The molecule has 0 aliphatic carbocycles. The molecule has 2 radical (unpaired) electrons.